The Hall–Kier alpha value is -1.08. The normalized spacial score (nSPS) is 11.4. The fraction of sp³-hybridized carbons (Fsp3) is 0.417. The minimum Gasteiger partial charge on any atom is -0.351 e. The predicted molar refractivity (Wildman–Crippen MR) is 70.0 cm³/mol. The van der Waals surface area contributed by atoms with E-state index in [2.05, 4.69) is 26.6 Å². The van der Waals surface area contributed by atoms with Crippen LogP contribution < -0.4 is 10.6 Å². The van der Waals surface area contributed by atoms with Crippen molar-refractivity contribution >= 4 is 21.8 Å². The summed E-state index contributed by atoms with van der Waals surface area (Å²) in [6.07, 6.45) is -4.46. The van der Waals surface area contributed by atoms with E-state index in [4.69, 9.17) is 0 Å². The molecule has 0 aromatic heterocycles. The largest absolute Gasteiger partial charge is 0.416 e. The molecular formula is C12H14BrF3N2O. The van der Waals surface area contributed by atoms with Crippen LogP contribution in [0.4, 0.5) is 13.2 Å². The van der Waals surface area contributed by atoms with Gasteiger partial charge in [0.1, 0.15) is 0 Å². The number of hydrogen-bond acceptors (Lipinski definition) is 2. The zero-order valence-corrected chi connectivity index (χ0v) is 11.9. The highest BCUT2D eigenvalue weighted by molar-refractivity contribution is 9.10. The van der Waals surface area contributed by atoms with Gasteiger partial charge in [0.2, 0.25) is 0 Å². The first-order valence-corrected chi connectivity index (χ1v) is 6.51. The third-order valence-corrected chi connectivity index (χ3v) is 3.07. The summed E-state index contributed by atoms with van der Waals surface area (Å²) < 4.78 is 38.0. The summed E-state index contributed by atoms with van der Waals surface area (Å²) in [6.45, 7) is 3.61. The van der Waals surface area contributed by atoms with E-state index in [1.165, 1.54) is 6.07 Å². The van der Waals surface area contributed by atoms with E-state index in [1.807, 2.05) is 6.92 Å². The van der Waals surface area contributed by atoms with Crippen molar-refractivity contribution in [3.8, 4) is 0 Å². The lowest BCUT2D eigenvalue weighted by atomic mass is 10.1. The molecule has 0 aliphatic rings. The second kappa shape index (κ2) is 6.91. The molecule has 7 heteroatoms. The number of nitrogens with one attached hydrogen (secondary N) is 2. The summed E-state index contributed by atoms with van der Waals surface area (Å²) in [5.74, 6) is -0.532. The molecule has 0 saturated heterocycles. The Bertz CT molecular complexity index is 449. The third kappa shape index (κ3) is 4.83. The van der Waals surface area contributed by atoms with Crippen molar-refractivity contribution in [2.24, 2.45) is 0 Å². The lowest BCUT2D eigenvalue weighted by Gasteiger charge is -2.11. The van der Waals surface area contributed by atoms with Gasteiger partial charge in [0.05, 0.1) is 11.1 Å². The molecule has 0 radical (unpaired) electrons. The zero-order valence-electron chi connectivity index (χ0n) is 10.3. The Labute approximate surface area is 117 Å². The summed E-state index contributed by atoms with van der Waals surface area (Å²) in [5, 5.41) is 5.55. The quantitative estimate of drug-likeness (QED) is 0.810. The fourth-order valence-electron chi connectivity index (χ4n) is 1.41. The first-order chi connectivity index (χ1) is 8.86. The molecule has 0 aliphatic carbocycles. The maximum Gasteiger partial charge on any atom is 0.416 e. The smallest absolute Gasteiger partial charge is 0.351 e. The van der Waals surface area contributed by atoms with Crippen LogP contribution in [-0.4, -0.2) is 25.5 Å². The molecule has 106 valence electrons. The Kier molecular flexibility index (Phi) is 5.81. The van der Waals surface area contributed by atoms with Gasteiger partial charge in [-0.2, -0.15) is 13.2 Å². The highest BCUT2D eigenvalue weighted by Crippen LogP contribution is 2.31. The topological polar surface area (TPSA) is 41.1 Å². The van der Waals surface area contributed by atoms with Crippen LogP contribution >= 0.6 is 15.9 Å². The van der Waals surface area contributed by atoms with Gasteiger partial charge in [-0.1, -0.05) is 6.92 Å². The van der Waals surface area contributed by atoms with E-state index < -0.39 is 17.6 Å². The van der Waals surface area contributed by atoms with Crippen molar-refractivity contribution in [3.05, 3.63) is 33.8 Å². The third-order valence-electron chi connectivity index (χ3n) is 2.38. The number of rotatable bonds is 5. The van der Waals surface area contributed by atoms with Gasteiger partial charge in [-0.05, 0) is 40.7 Å². The van der Waals surface area contributed by atoms with Crippen LogP contribution in [0.2, 0.25) is 0 Å². The summed E-state index contributed by atoms with van der Waals surface area (Å²) in [6, 6.07) is 2.99. The monoisotopic (exact) mass is 338 g/mol. The SMILES string of the molecule is CCNCCNC(=O)c1cc(C(F)(F)F)ccc1Br. The van der Waals surface area contributed by atoms with Gasteiger partial charge in [-0.25, -0.2) is 0 Å². The number of halogens is 4. The number of likely N-dealkylation sites (N-methyl/N-ethyl adjacent to an activating group) is 1. The van der Waals surface area contributed by atoms with Crippen molar-refractivity contribution in [1.82, 2.24) is 10.6 Å². The number of carbonyl (C=O) groups excluding carboxylic acids is 1. The van der Waals surface area contributed by atoms with E-state index in [0.717, 1.165) is 18.7 Å². The fourth-order valence-corrected chi connectivity index (χ4v) is 1.84. The van der Waals surface area contributed by atoms with E-state index in [1.54, 1.807) is 0 Å². The Balaban J connectivity index is 2.78. The molecule has 0 aliphatic heterocycles. The van der Waals surface area contributed by atoms with Crippen LogP contribution in [0.3, 0.4) is 0 Å². The van der Waals surface area contributed by atoms with Crippen LogP contribution in [-0.2, 0) is 6.18 Å². The first kappa shape index (κ1) is 16.0. The van der Waals surface area contributed by atoms with E-state index in [9.17, 15) is 18.0 Å². The molecule has 0 atom stereocenters. The standard InChI is InChI=1S/C12H14BrF3N2O/c1-2-17-5-6-18-11(19)9-7-8(12(14,15)16)3-4-10(9)13/h3-4,7,17H,2,5-6H2,1H3,(H,18,19). The van der Waals surface area contributed by atoms with Crippen molar-refractivity contribution < 1.29 is 18.0 Å². The van der Waals surface area contributed by atoms with Crippen molar-refractivity contribution in [3.63, 3.8) is 0 Å². The summed E-state index contributed by atoms with van der Waals surface area (Å²) in [4.78, 5) is 11.8. The molecule has 0 heterocycles. The first-order valence-electron chi connectivity index (χ1n) is 5.72. The maximum atomic E-state index is 12.6. The summed E-state index contributed by atoms with van der Waals surface area (Å²) >= 11 is 3.08. The van der Waals surface area contributed by atoms with Crippen LogP contribution in [0.1, 0.15) is 22.8 Å². The lowest BCUT2D eigenvalue weighted by Crippen LogP contribution is -2.32. The van der Waals surface area contributed by atoms with Gasteiger partial charge < -0.3 is 10.6 Å². The van der Waals surface area contributed by atoms with Crippen molar-refractivity contribution in [2.75, 3.05) is 19.6 Å². The molecule has 0 unspecified atom stereocenters. The summed E-state index contributed by atoms with van der Waals surface area (Å²) in [5.41, 5.74) is -0.862. The average Bonchev–Trinajstić information content (AvgIpc) is 2.33. The minimum atomic E-state index is -4.46. The second-order valence-electron chi connectivity index (χ2n) is 3.80. The molecule has 2 N–H and O–H groups in total. The Morgan fingerprint density at radius 1 is 1.32 bits per heavy atom. The van der Waals surface area contributed by atoms with Gasteiger partial charge in [-0.3, -0.25) is 4.79 Å². The van der Waals surface area contributed by atoms with Gasteiger partial charge in [0.25, 0.3) is 5.91 Å². The molecule has 1 aromatic rings. The van der Waals surface area contributed by atoms with E-state index in [0.29, 0.717) is 17.6 Å². The Morgan fingerprint density at radius 3 is 2.58 bits per heavy atom. The lowest BCUT2D eigenvalue weighted by molar-refractivity contribution is -0.137. The molecule has 0 bridgehead atoms. The number of amides is 1. The van der Waals surface area contributed by atoms with Crippen LogP contribution in [0.15, 0.2) is 22.7 Å². The maximum absolute atomic E-state index is 12.6. The predicted octanol–water partition coefficient (Wildman–Crippen LogP) is 2.81. The molecule has 0 fully saturated rings. The highest BCUT2D eigenvalue weighted by atomic mass is 79.9. The van der Waals surface area contributed by atoms with Crippen LogP contribution in [0.5, 0.6) is 0 Å². The summed E-state index contributed by atoms with van der Waals surface area (Å²) in [7, 11) is 0. The highest BCUT2D eigenvalue weighted by Gasteiger charge is 2.31. The van der Waals surface area contributed by atoms with E-state index >= 15 is 0 Å². The number of hydrogen-bond donors (Lipinski definition) is 2. The molecule has 3 nitrogen and oxygen atoms in total. The van der Waals surface area contributed by atoms with Crippen LogP contribution in [0.25, 0.3) is 0 Å². The van der Waals surface area contributed by atoms with Gasteiger partial charge in [0, 0.05) is 17.6 Å². The number of carbonyl (C=O) groups is 1. The van der Waals surface area contributed by atoms with Crippen LogP contribution in [0, 0.1) is 0 Å². The van der Waals surface area contributed by atoms with E-state index in [-0.39, 0.29) is 5.56 Å². The molecule has 0 saturated carbocycles. The molecule has 0 spiro atoms. The number of benzene rings is 1. The Morgan fingerprint density at radius 2 is 2.00 bits per heavy atom. The zero-order chi connectivity index (χ0) is 14.5. The molecule has 19 heavy (non-hydrogen) atoms. The van der Waals surface area contributed by atoms with Gasteiger partial charge >= 0.3 is 6.18 Å². The van der Waals surface area contributed by atoms with Crippen molar-refractivity contribution in [2.45, 2.75) is 13.1 Å². The van der Waals surface area contributed by atoms with Crippen molar-refractivity contribution in [1.29, 1.82) is 0 Å². The van der Waals surface area contributed by atoms with Gasteiger partial charge in [-0.15, -0.1) is 0 Å². The molecular weight excluding hydrogens is 325 g/mol. The number of alkyl halides is 3. The average molecular weight is 339 g/mol. The second-order valence-corrected chi connectivity index (χ2v) is 4.66. The minimum absolute atomic E-state index is 0.0219. The molecule has 1 aromatic carbocycles. The molecule has 1 amide bonds. The van der Waals surface area contributed by atoms with Gasteiger partial charge in [0.15, 0.2) is 0 Å². The molecule has 1 rings (SSSR count).